The van der Waals surface area contributed by atoms with Crippen molar-refractivity contribution in [1.29, 1.82) is 0 Å². The molecule has 0 heterocycles. The number of rotatable bonds is 8. The van der Waals surface area contributed by atoms with Crippen molar-refractivity contribution in [2.24, 2.45) is 11.7 Å². The molecule has 0 aliphatic heterocycles. The summed E-state index contributed by atoms with van der Waals surface area (Å²) in [7, 11) is -0.822. The Bertz CT molecular complexity index is 558. The molecule has 0 aliphatic rings. The van der Waals surface area contributed by atoms with Crippen LogP contribution in [0.15, 0.2) is 23.1 Å². The normalized spacial score (nSPS) is 13.2. The van der Waals surface area contributed by atoms with E-state index in [9.17, 15) is 8.42 Å². The number of hydrogen-bond donors (Lipinski definition) is 2. The monoisotopic (exact) mass is 316 g/mol. The van der Waals surface area contributed by atoms with Crippen LogP contribution in [0.25, 0.3) is 0 Å². The molecule has 1 aromatic rings. The molecule has 120 valence electrons. The topological polar surface area (TPSA) is 90.6 Å². The number of nitrogens with one attached hydrogen (secondary N) is 1. The molecule has 6 nitrogen and oxygen atoms in total. The Morgan fingerprint density at radius 2 is 1.90 bits per heavy atom. The molecule has 0 aromatic heterocycles. The van der Waals surface area contributed by atoms with E-state index in [0.717, 1.165) is 0 Å². The molecule has 1 rings (SSSR count). The molecular formula is C14H24N2O4S. The molecule has 21 heavy (non-hydrogen) atoms. The first-order chi connectivity index (χ1) is 9.83. The smallest absolute Gasteiger partial charge is 0.244 e. The van der Waals surface area contributed by atoms with Crippen LogP contribution in [0.4, 0.5) is 0 Å². The first-order valence-corrected chi connectivity index (χ1v) is 8.26. The first kappa shape index (κ1) is 17.7. The standard InChI is InChI=1S/C14H24N2O4S/c1-10(2)7-11(9-15)16-21(17,18)14-8-12(19-3)5-6-13(14)20-4/h5-6,8,10-11,16H,7,9,15H2,1-4H3. The maximum absolute atomic E-state index is 12.5. The van der Waals surface area contributed by atoms with Gasteiger partial charge in [-0.05, 0) is 24.5 Å². The van der Waals surface area contributed by atoms with E-state index >= 15 is 0 Å². The van der Waals surface area contributed by atoms with Crippen molar-refractivity contribution in [2.75, 3.05) is 20.8 Å². The highest BCUT2D eigenvalue weighted by molar-refractivity contribution is 7.89. The lowest BCUT2D eigenvalue weighted by atomic mass is 10.1. The molecule has 0 fully saturated rings. The van der Waals surface area contributed by atoms with Crippen molar-refractivity contribution in [3.05, 3.63) is 18.2 Å². The number of benzene rings is 1. The van der Waals surface area contributed by atoms with E-state index in [1.54, 1.807) is 12.1 Å². The van der Waals surface area contributed by atoms with E-state index in [2.05, 4.69) is 4.72 Å². The van der Waals surface area contributed by atoms with Crippen LogP contribution in [0.3, 0.4) is 0 Å². The van der Waals surface area contributed by atoms with Gasteiger partial charge < -0.3 is 15.2 Å². The van der Waals surface area contributed by atoms with Gasteiger partial charge in [0.2, 0.25) is 10.0 Å². The summed E-state index contributed by atoms with van der Waals surface area (Å²) in [6.07, 6.45) is 0.669. The summed E-state index contributed by atoms with van der Waals surface area (Å²) in [5.41, 5.74) is 5.65. The predicted octanol–water partition coefficient (Wildman–Crippen LogP) is 1.36. The van der Waals surface area contributed by atoms with E-state index in [1.807, 2.05) is 13.8 Å². The summed E-state index contributed by atoms with van der Waals surface area (Å²) in [6.45, 7) is 4.27. The van der Waals surface area contributed by atoms with Gasteiger partial charge in [-0.25, -0.2) is 13.1 Å². The van der Waals surface area contributed by atoms with Gasteiger partial charge in [0.15, 0.2) is 0 Å². The Labute approximate surface area is 126 Å². The summed E-state index contributed by atoms with van der Waals surface area (Å²) in [5.74, 6) is 1.06. The molecule has 1 atom stereocenters. The van der Waals surface area contributed by atoms with Gasteiger partial charge in [-0.2, -0.15) is 0 Å². The zero-order valence-corrected chi connectivity index (χ0v) is 13.7. The molecule has 0 spiro atoms. The molecule has 1 unspecified atom stereocenters. The van der Waals surface area contributed by atoms with Crippen LogP contribution in [0, 0.1) is 5.92 Å². The van der Waals surface area contributed by atoms with Crippen molar-refractivity contribution >= 4 is 10.0 Å². The Hall–Kier alpha value is -1.31. The quantitative estimate of drug-likeness (QED) is 0.755. The fourth-order valence-electron chi connectivity index (χ4n) is 2.04. The van der Waals surface area contributed by atoms with Crippen molar-refractivity contribution in [1.82, 2.24) is 4.72 Å². The van der Waals surface area contributed by atoms with Crippen LogP contribution in [-0.2, 0) is 10.0 Å². The van der Waals surface area contributed by atoms with Gasteiger partial charge in [0.05, 0.1) is 14.2 Å². The average molecular weight is 316 g/mol. The third-order valence-electron chi connectivity index (χ3n) is 3.02. The number of sulfonamides is 1. The number of methoxy groups -OCH3 is 2. The zero-order chi connectivity index (χ0) is 16.0. The molecule has 7 heteroatoms. The van der Waals surface area contributed by atoms with E-state index < -0.39 is 10.0 Å². The summed E-state index contributed by atoms with van der Waals surface area (Å²) < 4.78 is 37.9. The molecule has 0 aliphatic carbocycles. The summed E-state index contributed by atoms with van der Waals surface area (Å²) in [6, 6.07) is 4.33. The highest BCUT2D eigenvalue weighted by Gasteiger charge is 2.24. The van der Waals surface area contributed by atoms with Crippen LogP contribution < -0.4 is 19.9 Å². The summed E-state index contributed by atoms with van der Waals surface area (Å²) in [5, 5.41) is 0. The molecule has 0 saturated heterocycles. The van der Waals surface area contributed by atoms with Crippen LogP contribution in [-0.4, -0.2) is 35.2 Å². The SMILES string of the molecule is COc1ccc(OC)c(S(=O)(=O)NC(CN)CC(C)C)c1. The highest BCUT2D eigenvalue weighted by atomic mass is 32.2. The second-order valence-electron chi connectivity index (χ2n) is 5.20. The van der Waals surface area contributed by atoms with Crippen molar-refractivity contribution < 1.29 is 17.9 Å². The minimum absolute atomic E-state index is 0.0477. The Morgan fingerprint density at radius 3 is 2.38 bits per heavy atom. The van der Waals surface area contributed by atoms with Crippen LogP contribution in [0.1, 0.15) is 20.3 Å². The van der Waals surface area contributed by atoms with Crippen molar-refractivity contribution in [3.8, 4) is 11.5 Å². The van der Waals surface area contributed by atoms with Crippen LogP contribution >= 0.6 is 0 Å². The van der Waals surface area contributed by atoms with Gasteiger partial charge in [-0.3, -0.25) is 0 Å². The van der Waals surface area contributed by atoms with Gasteiger partial charge >= 0.3 is 0 Å². The minimum atomic E-state index is -3.73. The zero-order valence-electron chi connectivity index (χ0n) is 12.9. The third kappa shape index (κ3) is 4.87. The number of ether oxygens (including phenoxy) is 2. The molecule has 0 saturated carbocycles. The molecule has 1 aromatic carbocycles. The number of hydrogen-bond acceptors (Lipinski definition) is 5. The predicted molar refractivity (Wildman–Crippen MR) is 82.2 cm³/mol. The lowest BCUT2D eigenvalue weighted by Gasteiger charge is -2.20. The van der Waals surface area contributed by atoms with E-state index in [0.29, 0.717) is 18.1 Å². The minimum Gasteiger partial charge on any atom is -0.497 e. The fourth-order valence-corrected chi connectivity index (χ4v) is 3.48. The van der Waals surface area contributed by atoms with Crippen LogP contribution in [0.5, 0.6) is 11.5 Å². The van der Waals surface area contributed by atoms with Crippen molar-refractivity contribution in [2.45, 2.75) is 31.2 Å². The van der Waals surface area contributed by atoms with E-state index in [-0.39, 0.29) is 23.2 Å². The number of nitrogens with two attached hydrogens (primary N) is 1. The lowest BCUT2D eigenvalue weighted by Crippen LogP contribution is -2.41. The van der Waals surface area contributed by atoms with E-state index in [4.69, 9.17) is 15.2 Å². The largest absolute Gasteiger partial charge is 0.497 e. The maximum atomic E-state index is 12.5. The molecular weight excluding hydrogens is 292 g/mol. The molecule has 3 N–H and O–H groups in total. The Kier molecular flexibility index (Phi) is 6.44. The first-order valence-electron chi connectivity index (χ1n) is 6.78. The van der Waals surface area contributed by atoms with Gasteiger partial charge in [0, 0.05) is 18.7 Å². The fraction of sp³-hybridized carbons (Fsp3) is 0.571. The van der Waals surface area contributed by atoms with Gasteiger partial charge in [-0.15, -0.1) is 0 Å². The highest BCUT2D eigenvalue weighted by Crippen LogP contribution is 2.28. The van der Waals surface area contributed by atoms with Gasteiger partial charge in [0.25, 0.3) is 0 Å². The summed E-state index contributed by atoms with van der Waals surface area (Å²) in [4.78, 5) is 0.0477. The lowest BCUT2D eigenvalue weighted by molar-refractivity contribution is 0.391. The van der Waals surface area contributed by atoms with Crippen LogP contribution in [0.2, 0.25) is 0 Å². The van der Waals surface area contributed by atoms with E-state index in [1.165, 1.54) is 20.3 Å². The third-order valence-corrected chi connectivity index (χ3v) is 4.56. The van der Waals surface area contributed by atoms with Crippen molar-refractivity contribution in [3.63, 3.8) is 0 Å². The maximum Gasteiger partial charge on any atom is 0.244 e. The van der Waals surface area contributed by atoms with Gasteiger partial charge in [0.1, 0.15) is 16.4 Å². The second-order valence-corrected chi connectivity index (χ2v) is 6.88. The Balaban J connectivity index is 3.11. The average Bonchev–Trinajstić information content (AvgIpc) is 2.45. The van der Waals surface area contributed by atoms with Gasteiger partial charge in [-0.1, -0.05) is 13.8 Å². The summed E-state index contributed by atoms with van der Waals surface area (Å²) >= 11 is 0. The second kappa shape index (κ2) is 7.63. The molecule has 0 bridgehead atoms. The molecule has 0 amide bonds. The Morgan fingerprint density at radius 1 is 1.24 bits per heavy atom. The molecule has 0 radical (unpaired) electrons.